The van der Waals surface area contributed by atoms with Crippen molar-refractivity contribution in [1.82, 2.24) is 30.0 Å². The summed E-state index contributed by atoms with van der Waals surface area (Å²) in [6.45, 7) is -0.561. The van der Waals surface area contributed by atoms with E-state index in [2.05, 4.69) is 20.6 Å². The van der Waals surface area contributed by atoms with Gasteiger partial charge in [-0.1, -0.05) is 10.4 Å². The van der Waals surface area contributed by atoms with Crippen molar-refractivity contribution in [1.29, 1.82) is 0 Å². The Morgan fingerprint density at radius 2 is 1.86 bits per heavy atom. The highest BCUT2D eigenvalue weighted by molar-refractivity contribution is 5.58. The monoisotopic (exact) mass is 524 g/mol. The summed E-state index contributed by atoms with van der Waals surface area (Å²) in [5.41, 5.74) is -0.291. The molecule has 0 spiro atoms. The second-order valence-electron chi connectivity index (χ2n) is 9.48. The molecule has 0 bridgehead atoms. The van der Waals surface area contributed by atoms with Crippen molar-refractivity contribution >= 4 is 0 Å². The molecule has 3 aromatic rings. The number of methoxy groups -OCH3 is 1. The van der Waals surface area contributed by atoms with Crippen LogP contribution in [0.15, 0.2) is 24.5 Å². The molecule has 5 rings (SSSR count). The van der Waals surface area contributed by atoms with Gasteiger partial charge in [0, 0.05) is 25.3 Å². The maximum Gasteiger partial charge on any atom is 0.195 e. The molecule has 2 aromatic heterocycles. The van der Waals surface area contributed by atoms with Crippen LogP contribution in [-0.2, 0) is 21.4 Å². The SMILES string of the molecule is CO[C@@H]1[C@@H](n2cc(-c3ccc(F)c(F)c3F)nn2)[C@@H](O)[C@@H](CO)O[C@@H]1Cc1cn(C2(CO)CCC2)nn1. The van der Waals surface area contributed by atoms with Crippen molar-refractivity contribution in [2.45, 2.75) is 61.7 Å². The molecule has 1 aliphatic carbocycles. The van der Waals surface area contributed by atoms with E-state index in [9.17, 15) is 28.5 Å². The Hall–Kier alpha value is -2.91. The lowest BCUT2D eigenvalue weighted by Gasteiger charge is -2.43. The summed E-state index contributed by atoms with van der Waals surface area (Å²) in [5.74, 6) is -4.38. The van der Waals surface area contributed by atoms with Gasteiger partial charge in [-0.05, 0) is 31.4 Å². The number of ether oxygens (including phenoxy) is 2. The Bertz CT molecular complexity index is 1250. The third-order valence-corrected chi connectivity index (χ3v) is 7.38. The number of rotatable bonds is 8. The van der Waals surface area contributed by atoms with Gasteiger partial charge < -0.3 is 24.8 Å². The maximum absolute atomic E-state index is 14.3. The quantitative estimate of drug-likeness (QED) is 0.364. The first-order chi connectivity index (χ1) is 17.8. The van der Waals surface area contributed by atoms with Gasteiger partial charge in [-0.25, -0.2) is 22.5 Å². The molecular weight excluding hydrogens is 497 g/mol. The van der Waals surface area contributed by atoms with Crippen LogP contribution in [0.3, 0.4) is 0 Å². The van der Waals surface area contributed by atoms with Crippen LogP contribution in [-0.4, -0.2) is 90.0 Å². The Morgan fingerprint density at radius 1 is 1.08 bits per heavy atom. The van der Waals surface area contributed by atoms with Crippen LogP contribution in [0, 0.1) is 17.5 Å². The molecule has 1 saturated heterocycles. The predicted octanol–water partition coefficient (Wildman–Crippen LogP) is 0.745. The molecule has 14 heteroatoms. The minimum absolute atomic E-state index is 0.0511. The lowest BCUT2D eigenvalue weighted by atomic mass is 9.77. The number of aliphatic hydroxyl groups excluding tert-OH is 3. The summed E-state index contributed by atoms with van der Waals surface area (Å²) in [7, 11) is 1.42. The van der Waals surface area contributed by atoms with Gasteiger partial charge in [-0.3, -0.25) is 0 Å². The maximum atomic E-state index is 14.3. The highest BCUT2D eigenvalue weighted by Crippen LogP contribution is 2.39. The molecule has 3 N–H and O–H groups in total. The van der Waals surface area contributed by atoms with Crippen LogP contribution < -0.4 is 0 Å². The van der Waals surface area contributed by atoms with E-state index in [1.54, 1.807) is 10.9 Å². The molecule has 1 aromatic carbocycles. The summed E-state index contributed by atoms with van der Waals surface area (Å²) in [5, 5.41) is 46.9. The van der Waals surface area contributed by atoms with Crippen molar-refractivity contribution < 1.29 is 38.0 Å². The zero-order chi connectivity index (χ0) is 26.3. The second-order valence-corrected chi connectivity index (χ2v) is 9.48. The van der Waals surface area contributed by atoms with Gasteiger partial charge >= 0.3 is 0 Å². The van der Waals surface area contributed by atoms with Crippen LogP contribution in [0.1, 0.15) is 31.0 Å². The number of aromatic nitrogens is 6. The molecule has 3 heterocycles. The van der Waals surface area contributed by atoms with Crippen molar-refractivity contribution in [3.63, 3.8) is 0 Å². The molecule has 37 heavy (non-hydrogen) atoms. The van der Waals surface area contributed by atoms with Crippen molar-refractivity contribution in [3.05, 3.63) is 47.7 Å². The van der Waals surface area contributed by atoms with E-state index in [0.717, 1.165) is 31.4 Å². The Morgan fingerprint density at radius 3 is 2.51 bits per heavy atom. The molecule has 1 aliphatic heterocycles. The first-order valence-corrected chi connectivity index (χ1v) is 11.9. The predicted molar refractivity (Wildman–Crippen MR) is 120 cm³/mol. The lowest BCUT2D eigenvalue weighted by molar-refractivity contribution is -0.212. The van der Waals surface area contributed by atoms with Gasteiger partial charge in [0.1, 0.15) is 30.0 Å². The number of hydrogen-bond acceptors (Lipinski definition) is 9. The fraction of sp³-hybridized carbons (Fsp3) is 0.565. The van der Waals surface area contributed by atoms with Gasteiger partial charge in [0.2, 0.25) is 0 Å². The van der Waals surface area contributed by atoms with Crippen LogP contribution in [0.2, 0.25) is 0 Å². The smallest absolute Gasteiger partial charge is 0.195 e. The average molecular weight is 525 g/mol. The van der Waals surface area contributed by atoms with Gasteiger partial charge in [-0.2, -0.15) is 0 Å². The summed E-state index contributed by atoms with van der Waals surface area (Å²) < 4.78 is 56.0. The molecule has 2 aliphatic rings. The number of hydrogen-bond donors (Lipinski definition) is 3. The van der Waals surface area contributed by atoms with Crippen LogP contribution in [0.5, 0.6) is 0 Å². The summed E-state index contributed by atoms with van der Waals surface area (Å²) >= 11 is 0. The van der Waals surface area contributed by atoms with Crippen LogP contribution >= 0.6 is 0 Å². The van der Waals surface area contributed by atoms with E-state index >= 15 is 0 Å². The van der Waals surface area contributed by atoms with Gasteiger partial charge in [0.15, 0.2) is 17.5 Å². The summed E-state index contributed by atoms with van der Waals surface area (Å²) in [4.78, 5) is 0. The van der Waals surface area contributed by atoms with Crippen molar-refractivity contribution in [3.8, 4) is 11.3 Å². The molecule has 2 fully saturated rings. The van der Waals surface area contributed by atoms with Gasteiger partial charge in [0.25, 0.3) is 0 Å². The van der Waals surface area contributed by atoms with Gasteiger partial charge in [0.05, 0.1) is 36.7 Å². The van der Waals surface area contributed by atoms with Crippen LogP contribution in [0.4, 0.5) is 13.2 Å². The number of halogens is 3. The standard InChI is InChI=1S/C23H27F3N6O5/c1-36-22-16(7-12-8-32(30-27-12)23(11-34)5-2-6-23)37-17(10-33)21(35)20(22)31-9-15(28-29-31)13-3-4-14(24)19(26)18(13)25/h3-4,8-9,16-17,20-22,33-35H,2,5-7,10-11H2,1H3/t16-,17-,20+,21+,22+/m1/s1. The summed E-state index contributed by atoms with van der Waals surface area (Å²) in [6.07, 6.45) is 1.96. The first-order valence-electron chi connectivity index (χ1n) is 11.9. The Kier molecular flexibility index (Phi) is 7.02. The third kappa shape index (κ3) is 4.42. The van der Waals surface area contributed by atoms with E-state index in [1.165, 1.54) is 18.0 Å². The Labute approximate surface area is 209 Å². The molecule has 200 valence electrons. The number of nitrogens with zero attached hydrogens (tertiary/aromatic N) is 6. The second kappa shape index (κ2) is 10.1. The molecule has 11 nitrogen and oxygen atoms in total. The van der Waals surface area contributed by atoms with E-state index in [-0.39, 0.29) is 24.3 Å². The highest BCUT2D eigenvalue weighted by atomic mass is 19.2. The van der Waals surface area contributed by atoms with E-state index in [1.807, 2.05) is 0 Å². The van der Waals surface area contributed by atoms with Crippen LogP contribution in [0.25, 0.3) is 11.3 Å². The zero-order valence-corrected chi connectivity index (χ0v) is 19.9. The summed E-state index contributed by atoms with van der Waals surface area (Å²) in [6, 6.07) is 0.894. The van der Waals surface area contributed by atoms with Gasteiger partial charge in [-0.15, -0.1) is 10.2 Å². The highest BCUT2D eigenvalue weighted by Gasteiger charge is 2.47. The normalized spacial score (nSPS) is 27.3. The molecule has 0 unspecified atom stereocenters. The lowest BCUT2D eigenvalue weighted by Crippen LogP contribution is -2.57. The molecular formula is C23H27F3N6O5. The largest absolute Gasteiger partial charge is 0.394 e. The van der Waals surface area contributed by atoms with Crippen molar-refractivity contribution in [2.24, 2.45) is 0 Å². The molecule has 1 saturated carbocycles. The Balaban J connectivity index is 1.43. The molecule has 0 radical (unpaired) electrons. The first kappa shape index (κ1) is 25.7. The fourth-order valence-electron chi connectivity index (χ4n) is 5.07. The molecule has 5 atom stereocenters. The van der Waals surface area contributed by atoms with E-state index in [4.69, 9.17) is 9.47 Å². The minimum atomic E-state index is -1.63. The fourth-order valence-corrected chi connectivity index (χ4v) is 5.07. The topological polar surface area (TPSA) is 141 Å². The number of aliphatic hydroxyl groups is 3. The average Bonchev–Trinajstić information content (AvgIpc) is 3.53. The van der Waals surface area contributed by atoms with Crippen molar-refractivity contribution in [2.75, 3.05) is 20.3 Å². The zero-order valence-electron chi connectivity index (χ0n) is 19.9. The third-order valence-electron chi connectivity index (χ3n) is 7.38. The minimum Gasteiger partial charge on any atom is -0.394 e. The molecule has 0 amide bonds. The van der Waals surface area contributed by atoms with E-state index in [0.29, 0.717) is 5.69 Å². The van der Waals surface area contributed by atoms with E-state index < -0.39 is 60.1 Å². The number of benzene rings is 1.